The van der Waals surface area contributed by atoms with Crippen LogP contribution in [0.15, 0.2) is 23.3 Å². The number of rotatable bonds is 3. The summed E-state index contributed by atoms with van der Waals surface area (Å²) in [7, 11) is 0. The first-order chi connectivity index (χ1) is 13.8. The first-order valence-electron chi connectivity index (χ1n) is 11.0. The lowest BCUT2D eigenvalue weighted by Gasteiger charge is -2.50. The zero-order valence-electron chi connectivity index (χ0n) is 18.7. The summed E-state index contributed by atoms with van der Waals surface area (Å²) in [5.41, 5.74) is -3.23. The molecular formula is C24H34O6. The molecule has 4 aliphatic rings. The second kappa shape index (κ2) is 6.27. The number of carbonyl (C=O) groups excluding carboxylic acids is 2. The normalized spacial score (nSPS) is 46.3. The van der Waals surface area contributed by atoms with E-state index in [-0.39, 0.29) is 47.9 Å². The van der Waals surface area contributed by atoms with Crippen LogP contribution < -0.4 is 0 Å². The van der Waals surface area contributed by atoms with E-state index in [9.17, 15) is 24.9 Å². The number of hydrogen-bond donors (Lipinski definition) is 3. The first kappa shape index (κ1) is 21.7. The summed E-state index contributed by atoms with van der Waals surface area (Å²) in [6.45, 7) is 11.0. The van der Waals surface area contributed by atoms with Crippen LogP contribution in [0.25, 0.3) is 0 Å². The van der Waals surface area contributed by atoms with Gasteiger partial charge in [0.1, 0.15) is 11.2 Å². The Labute approximate surface area is 178 Å². The summed E-state index contributed by atoms with van der Waals surface area (Å²) in [5, 5.41) is 33.6. The molecule has 4 aliphatic carbocycles. The fourth-order valence-corrected chi connectivity index (χ4v) is 6.90. The Kier molecular flexibility index (Phi) is 4.54. The lowest BCUT2D eigenvalue weighted by atomic mass is 9.60. The third kappa shape index (κ3) is 2.41. The van der Waals surface area contributed by atoms with Gasteiger partial charge in [-0.15, -0.1) is 0 Å². The highest BCUT2D eigenvalue weighted by Gasteiger charge is 2.83. The van der Waals surface area contributed by atoms with Crippen molar-refractivity contribution in [1.29, 1.82) is 0 Å². The highest BCUT2D eigenvalue weighted by Crippen LogP contribution is 2.76. The van der Waals surface area contributed by atoms with Crippen LogP contribution in [0.5, 0.6) is 0 Å². The molecule has 0 heterocycles. The van der Waals surface area contributed by atoms with Crippen LogP contribution in [0.4, 0.5) is 0 Å². The highest BCUT2D eigenvalue weighted by molar-refractivity contribution is 6.04. The van der Waals surface area contributed by atoms with E-state index >= 15 is 0 Å². The maximum absolute atomic E-state index is 12.9. The zero-order chi connectivity index (χ0) is 22.4. The molecule has 0 aromatic rings. The molecule has 0 aromatic carbocycles. The van der Waals surface area contributed by atoms with Gasteiger partial charge in [-0.2, -0.15) is 0 Å². The minimum Gasteiger partial charge on any atom is -0.458 e. The number of aliphatic hydroxyl groups excluding tert-OH is 1. The molecule has 4 rings (SSSR count). The molecule has 0 unspecified atom stereocenters. The van der Waals surface area contributed by atoms with Crippen LogP contribution in [-0.2, 0) is 14.3 Å². The Morgan fingerprint density at radius 1 is 1.27 bits per heavy atom. The molecule has 166 valence electrons. The van der Waals surface area contributed by atoms with Gasteiger partial charge in [0, 0.05) is 29.6 Å². The van der Waals surface area contributed by atoms with Crippen LogP contribution in [0, 0.1) is 35.0 Å². The van der Waals surface area contributed by atoms with Gasteiger partial charge in [0.15, 0.2) is 5.78 Å². The van der Waals surface area contributed by atoms with E-state index in [4.69, 9.17) is 4.74 Å². The van der Waals surface area contributed by atoms with E-state index in [0.717, 1.165) is 0 Å². The summed E-state index contributed by atoms with van der Waals surface area (Å²) in [5.74, 6) is -2.62. The molecule has 0 amide bonds. The predicted octanol–water partition coefficient (Wildman–Crippen LogP) is 2.17. The van der Waals surface area contributed by atoms with Crippen molar-refractivity contribution in [3.05, 3.63) is 23.3 Å². The van der Waals surface area contributed by atoms with Gasteiger partial charge in [0.05, 0.1) is 18.1 Å². The van der Waals surface area contributed by atoms with E-state index in [1.807, 2.05) is 26.8 Å². The lowest BCUT2D eigenvalue weighted by molar-refractivity contribution is -0.188. The van der Waals surface area contributed by atoms with E-state index in [1.165, 1.54) is 0 Å². The third-order valence-corrected chi connectivity index (χ3v) is 8.63. The maximum Gasteiger partial charge on any atom is 0.308 e. The molecular weight excluding hydrogens is 384 g/mol. The minimum absolute atomic E-state index is 0.00169. The predicted molar refractivity (Wildman–Crippen MR) is 110 cm³/mol. The SMILES string of the molecule is CC1=C[C@H]2[C@]3(O)[C@H](C)C[C@@]4(OC(=O)C(C)C)[C@H]([C@H]3C=C(CO)C[C@@]2(O)C1=O)C4(C)C. The van der Waals surface area contributed by atoms with E-state index in [1.54, 1.807) is 26.8 Å². The molecule has 2 saturated carbocycles. The van der Waals surface area contributed by atoms with Gasteiger partial charge < -0.3 is 20.1 Å². The highest BCUT2D eigenvalue weighted by atomic mass is 16.6. The second-order valence-electron chi connectivity index (χ2n) is 10.9. The number of fused-ring (bicyclic) bond motifs is 5. The summed E-state index contributed by atoms with van der Waals surface area (Å²) in [4.78, 5) is 25.4. The quantitative estimate of drug-likeness (QED) is 0.479. The Bertz CT molecular complexity index is 869. The van der Waals surface area contributed by atoms with E-state index in [2.05, 4.69) is 0 Å². The van der Waals surface area contributed by atoms with Gasteiger partial charge >= 0.3 is 5.97 Å². The number of ketones is 1. The summed E-state index contributed by atoms with van der Waals surface area (Å²) in [6, 6.07) is 0. The van der Waals surface area contributed by atoms with Crippen molar-refractivity contribution >= 4 is 11.8 Å². The third-order valence-electron chi connectivity index (χ3n) is 8.63. The molecule has 3 N–H and O–H groups in total. The van der Waals surface area contributed by atoms with E-state index in [0.29, 0.717) is 17.6 Å². The monoisotopic (exact) mass is 418 g/mol. The lowest BCUT2D eigenvalue weighted by Crippen LogP contribution is -2.61. The van der Waals surface area contributed by atoms with Gasteiger partial charge in [-0.05, 0) is 30.4 Å². The molecule has 0 saturated heterocycles. The summed E-state index contributed by atoms with van der Waals surface area (Å²) in [6.07, 6.45) is 4.02. The first-order valence-corrected chi connectivity index (χ1v) is 11.0. The minimum atomic E-state index is -1.76. The van der Waals surface area contributed by atoms with Crippen LogP contribution in [0.1, 0.15) is 54.4 Å². The molecule has 0 aromatic heterocycles. The van der Waals surface area contributed by atoms with Gasteiger partial charge in [0.2, 0.25) is 0 Å². The van der Waals surface area contributed by atoms with Crippen molar-refractivity contribution in [3.8, 4) is 0 Å². The Balaban J connectivity index is 1.86. The van der Waals surface area contributed by atoms with Crippen molar-refractivity contribution in [2.24, 2.45) is 35.0 Å². The number of esters is 1. The van der Waals surface area contributed by atoms with Crippen LogP contribution >= 0.6 is 0 Å². The molecule has 0 radical (unpaired) electrons. The molecule has 6 heteroatoms. The zero-order valence-corrected chi connectivity index (χ0v) is 18.7. The fourth-order valence-electron chi connectivity index (χ4n) is 6.90. The van der Waals surface area contributed by atoms with E-state index < -0.39 is 28.6 Å². The standard InChI is InChI=1S/C24H34O6/c1-12(2)20(27)30-23-9-14(4)24(29)16(18(23)21(23,5)6)8-15(11-25)10-22(28)17(24)7-13(3)19(22)26/h7-8,12,14,16-18,25,28-29H,9-11H2,1-6H3/t14-,16-,17-,18-,22+,23-,24+/m1/s1. The summed E-state index contributed by atoms with van der Waals surface area (Å²) >= 11 is 0. The fraction of sp³-hybridized carbons (Fsp3) is 0.750. The number of Topliss-reactive ketones (excluding diaryl/α,β-unsaturated/α-hetero) is 1. The smallest absolute Gasteiger partial charge is 0.308 e. The average molecular weight is 419 g/mol. The Morgan fingerprint density at radius 2 is 1.90 bits per heavy atom. The topological polar surface area (TPSA) is 104 Å². The van der Waals surface area contributed by atoms with Crippen LogP contribution in [0.2, 0.25) is 0 Å². The molecule has 6 nitrogen and oxygen atoms in total. The molecule has 30 heavy (non-hydrogen) atoms. The molecule has 2 fully saturated rings. The van der Waals surface area contributed by atoms with Crippen LogP contribution in [-0.4, -0.2) is 50.5 Å². The molecule has 0 aliphatic heterocycles. The Morgan fingerprint density at radius 3 is 2.47 bits per heavy atom. The van der Waals surface area contributed by atoms with Gasteiger partial charge in [-0.1, -0.05) is 46.8 Å². The number of ether oxygens (including phenoxy) is 1. The van der Waals surface area contributed by atoms with Crippen molar-refractivity contribution in [2.75, 3.05) is 6.61 Å². The van der Waals surface area contributed by atoms with Crippen molar-refractivity contribution in [1.82, 2.24) is 0 Å². The molecule has 0 spiro atoms. The molecule has 0 bridgehead atoms. The maximum atomic E-state index is 12.9. The number of aliphatic hydroxyl groups is 3. The van der Waals surface area contributed by atoms with Crippen molar-refractivity contribution < 1.29 is 29.6 Å². The van der Waals surface area contributed by atoms with Crippen molar-refractivity contribution in [2.45, 2.75) is 71.2 Å². The molecule has 7 atom stereocenters. The van der Waals surface area contributed by atoms with Gasteiger partial charge in [0.25, 0.3) is 0 Å². The van der Waals surface area contributed by atoms with Crippen molar-refractivity contribution in [3.63, 3.8) is 0 Å². The number of hydrogen-bond acceptors (Lipinski definition) is 6. The number of carbonyl (C=O) groups is 2. The second-order valence-corrected chi connectivity index (χ2v) is 10.9. The van der Waals surface area contributed by atoms with Gasteiger partial charge in [-0.3, -0.25) is 9.59 Å². The average Bonchev–Trinajstić information content (AvgIpc) is 3.06. The van der Waals surface area contributed by atoms with Crippen LogP contribution in [0.3, 0.4) is 0 Å². The summed E-state index contributed by atoms with van der Waals surface area (Å²) < 4.78 is 6.10. The van der Waals surface area contributed by atoms with Gasteiger partial charge in [-0.25, -0.2) is 0 Å². The Hall–Kier alpha value is -1.50. The largest absolute Gasteiger partial charge is 0.458 e.